The average Bonchev–Trinajstić information content (AvgIpc) is 2.79. The maximum atomic E-state index is 11.9. The Morgan fingerprint density at radius 3 is 2.63 bits per heavy atom. The van der Waals surface area contributed by atoms with Gasteiger partial charge in [0.1, 0.15) is 6.04 Å². The molecule has 102 valence electrons. The molecular weight excluding hydrogens is 248 g/mol. The van der Waals surface area contributed by atoms with Gasteiger partial charge >= 0.3 is 12.0 Å². The number of aliphatic hydroxyl groups is 1. The van der Waals surface area contributed by atoms with Crippen molar-refractivity contribution in [2.75, 3.05) is 6.54 Å². The topological polar surface area (TPSA) is 89.9 Å². The Morgan fingerprint density at radius 1 is 1.32 bits per heavy atom. The van der Waals surface area contributed by atoms with E-state index < -0.39 is 24.1 Å². The van der Waals surface area contributed by atoms with E-state index in [1.807, 2.05) is 30.3 Å². The van der Waals surface area contributed by atoms with Crippen molar-refractivity contribution in [3.05, 3.63) is 35.9 Å². The Labute approximate surface area is 110 Å². The summed E-state index contributed by atoms with van der Waals surface area (Å²) in [6, 6.07) is 7.92. The Balaban J connectivity index is 1.94. The number of rotatable bonds is 3. The van der Waals surface area contributed by atoms with Crippen LogP contribution in [0.1, 0.15) is 12.0 Å². The summed E-state index contributed by atoms with van der Waals surface area (Å²) in [6.45, 7) is 0.385. The number of carbonyl (C=O) groups is 2. The number of nitrogens with zero attached hydrogens (tertiary/aromatic N) is 1. The Hall–Kier alpha value is -2.08. The number of hydrogen-bond donors (Lipinski definition) is 3. The van der Waals surface area contributed by atoms with Gasteiger partial charge in [0.2, 0.25) is 0 Å². The van der Waals surface area contributed by atoms with Gasteiger partial charge in [-0.25, -0.2) is 9.59 Å². The van der Waals surface area contributed by atoms with Crippen LogP contribution in [-0.2, 0) is 11.3 Å². The second-order valence-corrected chi connectivity index (χ2v) is 4.54. The number of aliphatic hydroxyl groups excluding tert-OH is 1. The number of nitrogens with one attached hydrogen (secondary N) is 1. The molecule has 0 spiro atoms. The van der Waals surface area contributed by atoms with Crippen molar-refractivity contribution in [2.45, 2.75) is 25.1 Å². The first-order chi connectivity index (χ1) is 9.08. The van der Waals surface area contributed by atoms with Crippen LogP contribution in [0.4, 0.5) is 4.79 Å². The first kappa shape index (κ1) is 13.4. The van der Waals surface area contributed by atoms with Gasteiger partial charge in [-0.2, -0.15) is 0 Å². The van der Waals surface area contributed by atoms with Crippen LogP contribution in [0.2, 0.25) is 0 Å². The van der Waals surface area contributed by atoms with Crippen LogP contribution in [0.3, 0.4) is 0 Å². The number of amides is 2. The zero-order chi connectivity index (χ0) is 13.8. The maximum Gasteiger partial charge on any atom is 0.326 e. The molecule has 0 aromatic heterocycles. The molecule has 19 heavy (non-hydrogen) atoms. The first-order valence-corrected chi connectivity index (χ1v) is 6.07. The fraction of sp³-hybridized carbons (Fsp3) is 0.385. The lowest BCUT2D eigenvalue weighted by Crippen LogP contribution is -2.45. The van der Waals surface area contributed by atoms with Gasteiger partial charge in [-0.3, -0.25) is 0 Å². The number of likely N-dealkylation sites (tertiary alicyclic amines) is 1. The second-order valence-electron chi connectivity index (χ2n) is 4.54. The van der Waals surface area contributed by atoms with E-state index in [-0.39, 0.29) is 13.0 Å². The molecule has 0 aliphatic carbocycles. The summed E-state index contributed by atoms with van der Waals surface area (Å²) in [7, 11) is 0. The lowest BCUT2D eigenvalue weighted by atomic mass is 10.2. The molecule has 1 aromatic rings. The lowest BCUT2D eigenvalue weighted by Gasteiger charge is -2.21. The van der Waals surface area contributed by atoms with E-state index in [0.29, 0.717) is 6.54 Å². The molecule has 1 saturated heterocycles. The highest BCUT2D eigenvalue weighted by Gasteiger charge is 2.38. The highest BCUT2D eigenvalue weighted by atomic mass is 16.4. The van der Waals surface area contributed by atoms with Crippen molar-refractivity contribution in [1.82, 2.24) is 10.2 Å². The third-order valence-electron chi connectivity index (χ3n) is 3.11. The van der Waals surface area contributed by atoms with Gasteiger partial charge in [0, 0.05) is 19.5 Å². The van der Waals surface area contributed by atoms with Crippen LogP contribution in [0.25, 0.3) is 0 Å². The molecule has 0 saturated carbocycles. The van der Waals surface area contributed by atoms with Gasteiger partial charge in [-0.05, 0) is 5.56 Å². The predicted octanol–water partition coefficient (Wildman–Crippen LogP) is 0.416. The van der Waals surface area contributed by atoms with Crippen LogP contribution in [-0.4, -0.2) is 45.8 Å². The highest BCUT2D eigenvalue weighted by Crippen LogP contribution is 2.18. The molecule has 2 rings (SSSR count). The van der Waals surface area contributed by atoms with Gasteiger partial charge in [0.15, 0.2) is 0 Å². The summed E-state index contributed by atoms with van der Waals surface area (Å²) in [5.41, 5.74) is 0.933. The van der Waals surface area contributed by atoms with E-state index in [0.717, 1.165) is 10.5 Å². The van der Waals surface area contributed by atoms with Crippen molar-refractivity contribution in [1.29, 1.82) is 0 Å². The largest absolute Gasteiger partial charge is 0.480 e. The Bertz CT molecular complexity index is 463. The number of carboxylic acids is 1. The van der Waals surface area contributed by atoms with E-state index in [1.165, 1.54) is 0 Å². The lowest BCUT2D eigenvalue weighted by molar-refractivity contribution is -0.141. The first-order valence-electron chi connectivity index (χ1n) is 6.07. The van der Waals surface area contributed by atoms with E-state index in [9.17, 15) is 14.7 Å². The fourth-order valence-electron chi connectivity index (χ4n) is 2.15. The van der Waals surface area contributed by atoms with E-state index in [1.54, 1.807) is 0 Å². The van der Waals surface area contributed by atoms with Crippen molar-refractivity contribution >= 4 is 12.0 Å². The van der Waals surface area contributed by atoms with Crippen LogP contribution in [0, 0.1) is 0 Å². The smallest absolute Gasteiger partial charge is 0.326 e. The molecule has 3 N–H and O–H groups in total. The Morgan fingerprint density at radius 2 is 2.00 bits per heavy atom. The summed E-state index contributed by atoms with van der Waals surface area (Å²) in [4.78, 5) is 24.1. The van der Waals surface area contributed by atoms with Gasteiger partial charge in [0.05, 0.1) is 6.10 Å². The SMILES string of the molecule is O=C(O)[C@@H]1C[C@@H](O)CN1C(=O)NCc1ccccc1. The van der Waals surface area contributed by atoms with Gasteiger partial charge in [-0.15, -0.1) is 0 Å². The van der Waals surface area contributed by atoms with Crippen molar-refractivity contribution in [3.8, 4) is 0 Å². The molecule has 1 aliphatic rings. The molecule has 2 atom stereocenters. The number of urea groups is 1. The molecule has 0 unspecified atom stereocenters. The molecule has 1 aromatic carbocycles. The maximum absolute atomic E-state index is 11.9. The molecule has 6 heteroatoms. The predicted molar refractivity (Wildman–Crippen MR) is 67.4 cm³/mol. The zero-order valence-corrected chi connectivity index (χ0v) is 10.3. The van der Waals surface area contributed by atoms with Gasteiger partial charge in [-0.1, -0.05) is 30.3 Å². The fourth-order valence-corrected chi connectivity index (χ4v) is 2.15. The van der Waals surface area contributed by atoms with E-state index in [4.69, 9.17) is 5.11 Å². The number of carbonyl (C=O) groups excluding carboxylic acids is 1. The molecule has 0 bridgehead atoms. The monoisotopic (exact) mass is 264 g/mol. The standard InChI is InChI=1S/C13H16N2O4/c16-10-6-11(12(17)18)15(8-10)13(19)14-7-9-4-2-1-3-5-9/h1-5,10-11,16H,6-8H2,(H,14,19)(H,17,18)/t10-,11+/m1/s1. The van der Waals surface area contributed by atoms with Crippen molar-refractivity contribution in [3.63, 3.8) is 0 Å². The summed E-state index contributed by atoms with van der Waals surface area (Å²) < 4.78 is 0. The molecule has 1 heterocycles. The minimum absolute atomic E-state index is 0.0532. The summed E-state index contributed by atoms with van der Waals surface area (Å²) >= 11 is 0. The third-order valence-corrected chi connectivity index (χ3v) is 3.11. The van der Waals surface area contributed by atoms with Crippen LogP contribution in [0.5, 0.6) is 0 Å². The third kappa shape index (κ3) is 3.23. The number of aliphatic carboxylic acids is 1. The second kappa shape index (κ2) is 5.71. The van der Waals surface area contributed by atoms with Crippen molar-refractivity contribution < 1.29 is 19.8 Å². The van der Waals surface area contributed by atoms with E-state index >= 15 is 0 Å². The minimum atomic E-state index is -1.09. The molecule has 0 radical (unpaired) electrons. The van der Waals surface area contributed by atoms with Crippen LogP contribution < -0.4 is 5.32 Å². The zero-order valence-electron chi connectivity index (χ0n) is 10.3. The number of hydrogen-bond acceptors (Lipinski definition) is 3. The molecular formula is C13H16N2O4. The Kier molecular flexibility index (Phi) is 4.01. The quantitative estimate of drug-likeness (QED) is 0.738. The molecule has 2 amide bonds. The average molecular weight is 264 g/mol. The van der Waals surface area contributed by atoms with Crippen LogP contribution >= 0.6 is 0 Å². The van der Waals surface area contributed by atoms with Crippen LogP contribution in [0.15, 0.2) is 30.3 Å². The number of benzene rings is 1. The van der Waals surface area contributed by atoms with Gasteiger partial charge < -0.3 is 20.4 Å². The summed E-state index contributed by atoms with van der Waals surface area (Å²) in [5.74, 6) is -1.09. The molecule has 1 aliphatic heterocycles. The normalized spacial score (nSPS) is 22.3. The number of β-amino-alcohol motifs (C(OH)–C–C–N with tert-alkyl or cyclic N) is 1. The molecule has 1 fully saturated rings. The molecule has 6 nitrogen and oxygen atoms in total. The van der Waals surface area contributed by atoms with Gasteiger partial charge in [0.25, 0.3) is 0 Å². The summed E-state index contributed by atoms with van der Waals surface area (Å²) in [5, 5.41) is 21.1. The van der Waals surface area contributed by atoms with Crippen molar-refractivity contribution in [2.24, 2.45) is 0 Å². The highest BCUT2D eigenvalue weighted by molar-refractivity contribution is 5.83. The summed E-state index contributed by atoms with van der Waals surface area (Å²) in [6.07, 6.45) is -0.697. The number of carboxylic acid groups (broad SMARTS) is 1. The minimum Gasteiger partial charge on any atom is -0.480 e. The van der Waals surface area contributed by atoms with E-state index in [2.05, 4.69) is 5.32 Å².